The number of phenols is 1. The van der Waals surface area contributed by atoms with E-state index < -0.39 is 0 Å². The number of benzene rings is 2. The van der Waals surface area contributed by atoms with Gasteiger partial charge in [0.15, 0.2) is 5.11 Å². The predicted octanol–water partition coefficient (Wildman–Crippen LogP) is 3.48. The van der Waals surface area contributed by atoms with Crippen LogP contribution < -0.4 is 10.7 Å². The molecule has 0 atom stereocenters. The number of nitrogens with one attached hydrogen (secondary N) is 2. The molecule has 3 N–H and O–H groups in total. The van der Waals surface area contributed by atoms with E-state index >= 15 is 0 Å². The first kappa shape index (κ1) is 14.5. The lowest BCUT2D eigenvalue weighted by atomic mass is 10.2. The molecule has 0 saturated heterocycles. The third kappa shape index (κ3) is 4.32. The number of anilines is 1. The maximum absolute atomic E-state index is 9.65. The van der Waals surface area contributed by atoms with Gasteiger partial charge in [0.05, 0.1) is 6.21 Å². The minimum atomic E-state index is 0.153. The summed E-state index contributed by atoms with van der Waals surface area (Å²) < 4.78 is 0.863. The highest BCUT2D eigenvalue weighted by atomic mass is 79.9. The van der Waals surface area contributed by atoms with E-state index in [2.05, 4.69) is 31.8 Å². The van der Waals surface area contributed by atoms with E-state index in [9.17, 15) is 5.11 Å². The van der Waals surface area contributed by atoms with E-state index in [-0.39, 0.29) is 5.75 Å². The fraction of sp³-hybridized carbons (Fsp3) is 0. The lowest BCUT2D eigenvalue weighted by molar-refractivity contribution is 0.474. The average molecular weight is 350 g/mol. The van der Waals surface area contributed by atoms with Gasteiger partial charge in [0, 0.05) is 15.7 Å². The fourth-order valence-corrected chi connectivity index (χ4v) is 2.02. The van der Waals surface area contributed by atoms with E-state index in [0.29, 0.717) is 10.7 Å². The van der Waals surface area contributed by atoms with Crippen molar-refractivity contribution in [1.82, 2.24) is 5.43 Å². The van der Waals surface area contributed by atoms with Crippen LogP contribution in [-0.4, -0.2) is 16.4 Å². The minimum absolute atomic E-state index is 0.153. The van der Waals surface area contributed by atoms with Crippen LogP contribution in [0, 0.1) is 0 Å². The second-order valence-electron chi connectivity index (χ2n) is 3.89. The van der Waals surface area contributed by atoms with Gasteiger partial charge in [0.2, 0.25) is 0 Å². The average Bonchev–Trinajstić information content (AvgIpc) is 2.44. The predicted molar refractivity (Wildman–Crippen MR) is 89.2 cm³/mol. The molecule has 102 valence electrons. The zero-order chi connectivity index (χ0) is 14.4. The standard InChI is InChI=1S/C14H12BrN3OS/c15-11-6-7-13(19)10(8-11)9-16-18-14(20)17-12-4-2-1-3-5-12/h1-9,19H,(H2,17,18,20)/b16-9+. The quantitative estimate of drug-likeness (QED) is 0.451. The van der Waals surface area contributed by atoms with Crippen LogP contribution in [0.2, 0.25) is 0 Å². The van der Waals surface area contributed by atoms with Gasteiger partial charge in [-0.25, -0.2) is 0 Å². The number of thiocarbonyl (C=S) groups is 1. The number of rotatable bonds is 3. The van der Waals surface area contributed by atoms with Crippen LogP contribution in [0.15, 0.2) is 58.1 Å². The van der Waals surface area contributed by atoms with E-state index in [1.807, 2.05) is 30.3 Å². The van der Waals surface area contributed by atoms with Crippen LogP contribution in [0.25, 0.3) is 0 Å². The Kier molecular flexibility index (Phi) is 5.09. The first-order chi connectivity index (χ1) is 9.65. The number of hydrogen-bond donors (Lipinski definition) is 3. The first-order valence-electron chi connectivity index (χ1n) is 5.79. The summed E-state index contributed by atoms with van der Waals surface area (Å²) in [5, 5.41) is 17.0. The molecule has 2 rings (SSSR count). The van der Waals surface area contributed by atoms with Gasteiger partial charge in [-0.05, 0) is 42.5 Å². The molecule has 0 spiro atoms. The van der Waals surface area contributed by atoms with Gasteiger partial charge in [-0.1, -0.05) is 34.1 Å². The molecule has 0 heterocycles. The molecule has 2 aromatic carbocycles. The van der Waals surface area contributed by atoms with Gasteiger partial charge >= 0.3 is 0 Å². The second kappa shape index (κ2) is 7.02. The molecule has 0 saturated carbocycles. The summed E-state index contributed by atoms with van der Waals surface area (Å²) in [5.74, 6) is 0.153. The Hall–Kier alpha value is -1.92. The van der Waals surface area contributed by atoms with Crippen LogP contribution in [0.4, 0.5) is 5.69 Å². The molecule has 0 radical (unpaired) electrons. The minimum Gasteiger partial charge on any atom is -0.507 e. The van der Waals surface area contributed by atoms with E-state index in [0.717, 1.165) is 10.2 Å². The van der Waals surface area contributed by atoms with Gasteiger partial charge in [0.1, 0.15) is 5.75 Å². The van der Waals surface area contributed by atoms with Crippen LogP contribution in [0.1, 0.15) is 5.56 Å². The Morgan fingerprint density at radius 1 is 1.20 bits per heavy atom. The van der Waals surface area contributed by atoms with Crippen LogP contribution >= 0.6 is 28.1 Å². The Bertz CT molecular complexity index is 632. The highest BCUT2D eigenvalue weighted by Gasteiger charge is 1.99. The van der Waals surface area contributed by atoms with E-state index in [1.54, 1.807) is 18.2 Å². The molecule has 6 heteroatoms. The largest absolute Gasteiger partial charge is 0.507 e. The molecule has 4 nitrogen and oxygen atoms in total. The van der Waals surface area contributed by atoms with Gasteiger partial charge in [-0.3, -0.25) is 5.43 Å². The highest BCUT2D eigenvalue weighted by molar-refractivity contribution is 9.10. The Balaban J connectivity index is 1.93. The van der Waals surface area contributed by atoms with Crippen molar-refractivity contribution in [3.8, 4) is 5.75 Å². The fourth-order valence-electron chi connectivity index (χ4n) is 1.47. The number of halogens is 1. The van der Waals surface area contributed by atoms with Crippen molar-refractivity contribution in [2.24, 2.45) is 5.10 Å². The van der Waals surface area contributed by atoms with Gasteiger partial charge in [-0.15, -0.1) is 0 Å². The van der Waals surface area contributed by atoms with Gasteiger partial charge < -0.3 is 10.4 Å². The summed E-state index contributed by atoms with van der Waals surface area (Å²) in [4.78, 5) is 0. The number of hydrazone groups is 1. The maximum Gasteiger partial charge on any atom is 0.191 e. The Morgan fingerprint density at radius 2 is 1.95 bits per heavy atom. The van der Waals surface area contributed by atoms with Crippen LogP contribution in [0.5, 0.6) is 5.75 Å². The normalized spacial score (nSPS) is 10.4. The summed E-state index contributed by atoms with van der Waals surface area (Å²) in [6.07, 6.45) is 1.50. The van der Waals surface area contributed by atoms with Crippen molar-refractivity contribution < 1.29 is 5.11 Å². The molecule has 0 amide bonds. The second-order valence-corrected chi connectivity index (χ2v) is 5.22. The SMILES string of the molecule is Oc1ccc(Br)cc1/C=N/NC(=S)Nc1ccccc1. The van der Waals surface area contributed by atoms with Gasteiger partial charge in [-0.2, -0.15) is 5.10 Å². The zero-order valence-corrected chi connectivity index (χ0v) is 12.8. The number of hydrogen-bond acceptors (Lipinski definition) is 3. The molecule has 20 heavy (non-hydrogen) atoms. The summed E-state index contributed by atoms with van der Waals surface area (Å²) in [7, 11) is 0. The number of aromatic hydroxyl groups is 1. The van der Waals surface area contributed by atoms with Crippen molar-refractivity contribution in [2.45, 2.75) is 0 Å². The Morgan fingerprint density at radius 3 is 2.70 bits per heavy atom. The molecule has 0 aliphatic carbocycles. The molecule has 0 aliphatic heterocycles. The number of phenolic OH excluding ortho intramolecular Hbond substituents is 1. The van der Waals surface area contributed by atoms with E-state index in [1.165, 1.54) is 6.21 Å². The molecular weight excluding hydrogens is 338 g/mol. The van der Waals surface area contributed by atoms with Crippen LogP contribution in [0.3, 0.4) is 0 Å². The molecule has 0 aromatic heterocycles. The first-order valence-corrected chi connectivity index (χ1v) is 6.99. The van der Waals surface area contributed by atoms with Crippen molar-refractivity contribution in [3.63, 3.8) is 0 Å². The topological polar surface area (TPSA) is 56.7 Å². The lowest BCUT2D eigenvalue weighted by Crippen LogP contribution is -2.23. The molecule has 0 bridgehead atoms. The number of nitrogens with zero attached hydrogens (tertiary/aromatic N) is 1. The summed E-state index contributed by atoms with van der Waals surface area (Å²) in [6.45, 7) is 0. The molecule has 2 aromatic rings. The highest BCUT2D eigenvalue weighted by Crippen LogP contribution is 2.19. The summed E-state index contributed by atoms with van der Waals surface area (Å²) in [5.41, 5.74) is 4.16. The Labute approximate surface area is 130 Å². The monoisotopic (exact) mass is 349 g/mol. The lowest BCUT2D eigenvalue weighted by Gasteiger charge is -2.06. The van der Waals surface area contributed by atoms with Crippen LogP contribution in [-0.2, 0) is 0 Å². The number of para-hydroxylation sites is 1. The maximum atomic E-state index is 9.65. The smallest absolute Gasteiger partial charge is 0.191 e. The van der Waals surface area contributed by atoms with Crippen molar-refractivity contribution in [1.29, 1.82) is 0 Å². The van der Waals surface area contributed by atoms with Crippen molar-refractivity contribution in [3.05, 3.63) is 58.6 Å². The summed E-state index contributed by atoms with van der Waals surface area (Å²) >= 11 is 8.43. The van der Waals surface area contributed by atoms with Crippen molar-refractivity contribution in [2.75, 3.05) is 5.32 Å². The van der Waals surface area contributed by atoms with Gasteiger partial charge in [0.25, 0.3) is 0 Å². The third-order valence-corrected chi connectivity index (χ3v) is 3.08. The third-order valence-electron chi connectivity index (χ3n) is 2.39. The molecule has 0 fully saturated rings. The zero-order valence-electron chi connectivity index (χ0n) is 10.4. The van der Waals surface area contributed by atoms with Crippen molar-refractivity contribution >= 4 is 45.2 Å². The van der Waals surface area contributed by atoms with E-state index in [4.69, 9.17) is 12.2 Å². The molecular formula is C14H12BrN3OS. The summed E-state index contributed by atoms with van der Waals surface area (Å²) in [6, 6.07) is 14.6. The molecule has 0 aliphatic rings. The molecule has 0 unspecified atom stereocenters.